The van der Waals surface area contributed by atoms with Crippen LogP contribution in [0.15, 0.2) is 58.3 Å². The molecule has 6 nitrogen and oxygen atoms in total. The highest BCUT2D eigenvalue weighted by Gasteiger charge is 2.51. The van der Waals surface area contributed by atoms with Crippen molar-refractivity contribution in [2.24, 2.45) is 0 Å². The third-order valence-electron chi connectivity index (χ3n) is 7.30. The van der Waals surface area contributed by atoms with Gasteiger partial charge in [0.1, 0.15) is 0 Å². The Balaban J connectivity index is 1.60. The Morgan fingerprint density at radius 1 is 1.00 bits per heavy atom. The Kier molecular flexibility index (Phi) is 8.08. The summed E-state index contributed by atoms with van der Waals surface area (Å²) < 4.78 is 95.5. The predicted octanol–water partition coefficient (Wildman–Crippen LogP) is 4.36. The van der Waals surface area contributed by atoms with Gasteiger partial charge in [0.05, 0.1) is 10.9 Å². The lowest BCUT2D eigenvalue weighted by molar-refractivity contribution is -0.258. The first-order valence-electron chi connectivity index (χ1n) is 12.2. The van der Waals surface area contributed by atoms with Crippen molar-refractivity contribution in [3.63, 3.8) is 0 Å². The first kappa shape index (κ1) is 29.1. The third-order valence-corrected chi connectivity index (χ3v) is 9.76. The topological polar surface area (TPSA) is 64.1 Å². The van der Waals surface area contributed by atoms with Gasteiger partial charge in [-0.05, 0) is 36.8 Å². The minimum atomic E-state index is -4.86. The summed E-state index contributed by atoms with van der Waals surface area (Å²) in [5.41, 5.74) is -2.81. The average molecular weight is 580 g/mol. The molecule has 1 N–H and O–H groups in total. The maximum absolute atomic E-state index is 13.7. The highest BCUT2D eigenvalue weighted by molar-refractivity contribution is 7.90. The maximum atomic E-state index is 13.7. The van der Waals surface area contributed by atoms with E-state index in [-0.39, 0.29) is 56.0 Å². The van der Waals surface area contributed by atoms with E-state index in [1.165, 1.54) is 34.6 Å². The van der Waals surface area contributed by atoms with E-state index in [9.17, 15) is 35.5 Å². The number of piperazine rings is 1. The summed E-state index contributed by atoms with van der Waals surface area (Å²) in [7, 11) is -3.90. The summed E-state index contributed by atoms with van der Waals surface area (Å²) in [5, 5.41) is 10.0. The molecule has 0 unspecified atom stereocenters. The number of aliphatic hydroxyl groups is 1. The van der Waals surface area contributed by atoms with Gasteiger partial charge < -0.3 is 14.9 Å². The van der Waals surface area contributed by atoms with Crippen LogP contribution in [0, 0.1) is 0 Å². The summed E-state index contributed by atoms with van der Waals surface area (Å²) in [6, 6.07) is 11.2. The predicted molar refractivity (Wildman–Crippen MR) is 136 cm³/mol. The van der Waals surface area contributed by atoms with Crippen LogP contribution in [0.2, 0.25) is 0 Å². The van der Waals surface area contributed by atoms with Crippen LogP contribution in [0.5, 0.6) is 0 Å². The molecule has 2 aliphatic rings. The Hall–Kier alpha value is -1.93. The number of piperidine rings is 1. The van der Waals surface area contributed by atoms with E-state index < -0.39 is 33.8 Å². The van der Waals surface area contributed by atoms with Gasteiger partial charge in [-0.15, -0.1) is 12.6 Å². The summed E-state index contributed by atoms with van der Waals surface area (Å²) >= 11 is 4.29. The molecule has 0 amide bonds. The van der Waals surface area contributed by atoms with E-state index in [4.69, 9.17) is 0 Å². The van der Waals surface area contributed by atoms with Gasteiger partial charge in [-0.25, -0.2) is 17.2 Å². The zero-order chi connectivity index (χ0) is 27.9. The molecule has 2 heterocycles. The minimum Gasteiger partial charge on any atom is -0.376 e. The second-order valence-electron chi connectivity index (χ2n) is 9.95. The summed E-state index contributed by atoms with van der Waals surface area (Å²) in [6.07, 6.45) is -5.46. The van der Waals surface area contributed by atoms with E-state index in [2.05, 4.69) is 12.6 Å². The number of benzene rings is 2. The van der Waals surface area contributed by atoms with E-state index in [1.807, 2.05) is 9.80 Å². The molecular formula is C25H30F5N3O3S2. The smallest absolute Gasteiger partial charge is 0.376 e. The number of rotatable bonds is 6. The number of hydrogen-bond acceptors (Lipinski definition) is 6. The van der Waals surface area contributed by atoms with Crippen molar-refractivity contribution in [2.45, 2.75) is 53.3 Å². The Morgan fingerprint density at radius 2 is 1.61 bits per heavy atom. The molecule has 2 aromatic rings. The van der Waals surface area contributed by atoms with Crippen molar-refractivity contribution in [3.8, 4) is 0 Å². The molecule has 2 aliphatic heterocycles. The summed E-state index contributed by atoms with van der Waals surface area (Å²) in [6.45, 7) is 1.68. The van der Waals surface area contributed by atoms with Crippen LogP contribution < -0.4 is 4.90 Å². The normalized spacial score (nSPS) is 23.3. The van der Waals surface area contributed by atoms with E-state index >= 15 is 0 Å². The van der Waals surface area contributed by atoms with Gasteiger partial charge in [0.25, 0.3) is 5.92 Å². The Labute approximate surface area is 224 Å². The number of likely N-dealkylation sites (tertiary alicyclic amines) is 1. The van der Waals surface area contributed by atoms with Crippen molar-refractivity contribution in [3.05, 3.63) is 54.1 Å². The minimum absolute atomic E-state index is 0.0549. The van der Waals surface area contributed by atoms with Crippen LogP contribution in [0.4, 0.5) is 27.6 Å². The van der Waals surface area contributed by atoms with E-state index in [1.54, 1.807) is 18.2 Å². The lowest BCUT2D eigenvalue weighted by Crippen LogP contribution is -2.59. The van der Waals surface area contributed by atoms with Crippen molar-refractivity contribution in [1.29, 1.82) is 0 Å². The molecule has 4 rings (SSSR count). The lowest BCUT2D eigenvalue weighted by Gasteiger charge is -2.45. The van der Waals surface area contributed by atoms with Gasteiger partial charge in [0, 0.05) is 62.7 Å². The molecule has 2 atom stereocenters. The van der Waals surface area contributed by atoms with Gasteiger partial charge >= 0.3 is 6.18 Å². The van der Waals surface area contributed by atoms with Crippen LogP contribution in [0.1, 0.15) is 25.3 Å². The highest BCUT2D eigenvalue weighted by Crippen LogP contribution is 2.39. The van der Waals surface area contributed by atoms with E-state index in [0.29, 0.717) is 24.1 Å². The number of sulfonamides is 1. The van der Waals surface area contributed by atoms with Crippen LogP contribution in [0.25, 0.3) is 0 Å². The van der Waals surface area contributed by atoms with Gasteiger partial charge in [-0.2, -0.15) is 17.5 Å². The lowest BCUT2D eigenvalue weighted by atomic mass is 9.95. The first-order chi connectivity index (χ1) is 17.6. The Morgan fingerprint density at radius 3 is 2.18 bits per heavy atom. The molecule has 13 heteroatoms. The monoisotopic (exact) mass is 579 g/mol. The SMILES string of the molecule is C[C@](O)(c1ccc(N2CCN(S(=O)(=O)c3ccccc3S)C[C@@H]2CN2CCC(F)(F)CC2)cc1)C(F)(F)F. The van der Waals surface area contributed by atoms with Crippen LogP contribution in [-0.4, -0.2) is 80.1 Å². The molecule has 2 saturated heterocycles. The van der Waals surface area contributed by atoms with Gasteiger partial charge in [0.15, 0.2) is 5.60 Å². The van der Waals surface area contributed by atoms with Crippen LogP contribution in [0.3, 0.4) is 0 Å². The first-order valence-corrected chi connectivity index (χ1v) is 14.1. The standard InChI is InChI=1S/C25H30F5N3O3S2/c1-23(34,25(28,29)30)18-6-8-19(9-7-18)33-15-14-32(38(35,36)22-5-3-2-4-21(22)37)17-20(33)16-31-12-10-24(26,27)11-13-31/h2-9,20,34,37H,10-17H2,1H3/t20-,23-/m0/s1. The van der Waals surface area contributed by atoms with Crippen LogP contribution >= 0.6 is 12.6 Å². The van der Waals surface area contributed by atoms with Crippen molar-refractivity contribution in [2.75, 3.05) is 44.2 Å². The average Bonchev–Trinajstić information content (AvgIpc) is 2.85. The second kappa shape index (κ2) is 10.6. The largest absolute Gasteiger partial charge is 0.421 e. The molecular weight excluding hydrogens is 549 g/mol. The molecule has 2 aromatic carbocycles. The fourth-order valence-electron chi connectivity index (χ4n) is 4.86. The van der Waals surface area contributed by atoms with Gasteiger partial charge in [0.2, 0.25) is 10.0 Å². The summed E-state index contributed by atoms with van der Waals surface area (Å²) in [4.78, 5) is 4.11. The number of halogens is 5. The second-order valence-corrected chi connectivity index (χ2v) is 12.3. The number of anilines is 1. The van der Waals surface area contributed by atoms with Crippen LogP contribution in [-0.2, 0) is 15.6 Å². The zero-order valence-corrected chi connectivity index (χ0v) is 22.4. The van der Waals surface area contributed by atoms with Gasteiger partial charge in [-0.3, -0.25) is 0 Å². The molecule has 2 fully saturated rings. The fourth-order valence-corrected chi connectivity index (χ4v) is 6.92. The van der Waals surface area contributed by atoms with Crippen molar-refractivity contribution in [1.82, 2.24) is 9.21 Å². The van der Waals surface area contributed by atoms with Crippen molar-refractivity contribution >= 4 is 28.3 Å². The number of thiol groups is 1. The molecule has 210 valence electrons. The molecule has 0 saturated carbocycles. The zero-order valence-electron chi connectivity index (χ0n) is 20.7. The number of hydrogen-bond donors (Lipinski definition) is 2. The van der Waals surface area contributed by atoms with Crippen molar-refractivity contribution < 1.29 is 35.5 Å². The fraction of sp³-hybridized carbons (Fsp3) is 0.520. The van der Waals surface area contributed by atoms with E-state index in [0.717, 1.165) is 0 Å². The quantitative estimate of drug-likeness (QED) is 0.394. The molecule has 0 aromatic heterocycles. The van der Waals surface area contributed by atoms with Gasteiger partial charge in [-0.1, -0.05) is 24.3 Å². The molecule has 38 heavy (non-hydrogen) atoms. The molecule has 0 bridgehead atoms. The highest BCUT2D eigenvalue weighted by atomic mass is 32.2. The molecule has 0 spiro atoms. The number of nitrogens with zero attached hydrogens (tertiary/aromatic N) is 3. The molecule has 0 aliphatic carbocycles. The Bertz CT molecular complexity index is 1230. The summed E-state index contributed by atoms with van der Waals surface area (Å²) in [5.74, 6) is -2.74. The maximum Gasteiger partial charge on any atom is 0.421 e. The number of alkyl halides is 5. The molecule has 0 radical (unpaired) electrons. The third kappa shape index (κ3) is 5.96.